The number of hydrogen-bond donors (Lipinski definition) is 0. The van der Waals surface area contributed by atoms with Crippen LogP contribution < -0.4 is 0 Å². The van der Waals surface area contributed by atoms with E-state index in [0.717, 1.165) is 19.1 Å². The van der Waals surface area contributed by atoms with Crippen LogP contribution in [0.1, 0.15) is 38.4 Å². The van der Waals surface area contributed by atoms with Gasteiger partial charge in [0.25, 0.3) is 0 Å². The fourth-order valence-electron chi connectivity index (χ4n) is 3.56. The van der Waals surface area contributed by atoms with Crippen molar-refractivity contribution in [1.29, 1.82) is 0 Å². The van der Waals surface area contributed by atoms with Crippen LogP contribution in [0.3, 0.4) is 0 Å². The molecule has 1 atom stereocenters. The Morgan fingerprint density at radius 3 is 3.05 bits per heavy atom. The predicted octanol–water partition coefficient (Wildman–Crippen LogP) is 1.96. The molecular formula is C15H26N4. The van der Waals surface area contributed by atoms with E-state index in [1.54, 1.807) is 0 Å². The van der Waals surface area contributed by atoms with Crippen molar-refractivity contribution in [3.05, 3.63) is 18.2 Å². The second-order valence-electron chi connectivity index (χ2n) is 5.96. The lowest BCUT2D eigenvalue weighted by Gasteiger charge is -2.25. The highest BCUT2D eigenvalue weighted by Gasteiger charge is 2.28. The van der Waals surface area contributed by atoms with Crippen molar-refractivity contribution in [2.75, 3.05) is 26.2 Å². The second-order valence-corrected chi connectivity index (χ2v) is 5.96. The van der Waals surface area contributed by atoms with Crippen molar-refractivity contribution >= 4 is 0 Å². The largest absolute Gasteiger partial charge is 0.334 e. The van der Waals surface area contributed by atoms with Gasteiger partial charge >= 0.3 is 0 Å². The fourth-order valence-corrected chi connectivity index (χ4v) is 3.56. The highest BCUT2D eigenvalue weighted by molar-refractivity contribution is 4.94. The van der Waals surface area contributed by atoms with Gasteiger partial charge in [-0.25, -0.2) is 4.98 Å². The zero-order valence-corrected chi connectivity index (χ0v) is 12.1. The van der Waals surface area contributed by atoms with Gasteiger partial charge in [-0.05, 0) is 45.3 Å². The minimum absolute atomic E-state index is 0.803. The molecule has 2 saturated heterocycles. The average Bonchev–Trinajstić information content (AvgIpc) is 2.97. The molecular weight excluding hydrogens is 236 g/mol. The summed E-state index contributed by atoms with van der Waals surface area (Å²) in [4.78, 5) is 9.86. The van der Waals surface area contributed by atoms with Crippen LogP contribution in [-0.4, -0.2) is 51.6 Å². The summed E-state index contributed by atoms with van der Waals surface area (Å²) in [5.74, 6) is 1.24. The number of hydrogen-bond acceptors (Lipinski definition) is 3. The molecule has 106 valence electrons. The molecule has 0 radical (unpaired) electrons. The molecule has 3 heterocycles. The molecule has 0 N–H and O–H groups in total. The topological polar surface area (TPSA) is 24.3 Å². The summed E-state index contributed by atoms with van der Waals surface area (Å²) >= 11 is 0. The molecule has 3 rings (SSSR count). The van der Waals surface area contributed by atoms with Crippen LogP contribution in [0.15, 0.2) is 12.4 Å². The van der Waals surface area contributed by atoms with Crippen LogP contribution in [-0.2, 0) is 13.1 Å². The van der Waals surface area contributed by atoms with Crippen molar-refractivity contribution in [3.63, 3.8) is 0 Å². The van der Waals surface area contributed by atoms with Crippen molar-refractivity contribution in [3.8, 4) is 0 Å². The van der Waals surface area contributed by atoms with Gasteiger partial charge in [-0.15, -0.1) is 0 Å². The molecule has 0 unspecified atom stereocenters. The van der Waals surface area contributed by atoms with E-state index in [4.69, 9.17) is 0 Å². The molecule has 0 aliphatic carbocycles. The van der Waals surface area contributed by atoms with E-state index in [-0.39, 0.29) is 0 Å². The van der Waals surface area contributed by atoms with Crippen LogP contribution in [0.4, 0.5) is 0 Å². The van der Waals surface area contributed by atoms with Gasteiger partial charge in [0.1, 0.15) is 5.82 Å². The molecule has 0 spiro atoms. The predicted molar refractivity (Wildman–Crippen MR) is 77.0 cm³/mol. The number of nitrogens with zero attached hydrogens (tertiary/aromatic N) is 4. The lowest BCUT2D eigenvalue weighted by atomic mass is 10.2. The van der Waals surface area contributed by atoms with Crippen molar-refractivity contribution < 1.29 is 0 Å². The molecule has 19 heavy (non-hydrogen) atoms. The van der Waals surface area contributed by atoms with E-state index in [9.17, 15) is 0 Å². The van der Waals surface area contributed by atoms with Gasteiger partial charge in [-0.3, -0.25) is 9.80 Å². The molecule has 0 saturated carbocycles. The number of imidazole rings is 1. The standard InChI is InChI=1S/C15H26N4/c1-2-7-19-11-6-16-15(19)13-17-8-4-10-18-9-3-5-14(18)12-17/h6,11,14H,2-5,7-10,12-13H2,1H3/t14-/m0/s1. The quantitative estimate of drug-likeness (QED) is 0.829. The first-order valence-corrected chi connectivity index (χ1v) is 7.83. The Balaban J connectivity index is 1.63. The Bertz CT molecular complexity index is 401. The van der Waals surface area contributed by atoms with E-state index in [1.807, 2.05) is 6.20 Å². The maximum atomic E-state index is 4.55. The molecule has 2 fully saturated rings. The zero-order chi connectivity index (χ0) is 13.1. The molecule has 4 nitrogen and oxygen atoms in total. The van der Waals surface area contributed by atoms with Gasteiger partial charge in [-0.2, -0.15) is 0 Å². The third-order valence-electron chi connectivity index (χ3n) is 4.52. The van der Waals surface area contributed by atoms with E-state index in [1.165, 1.54) is 57.7 Å². The number of rotatable bonds is 4. The molecule has 2 aliphatic heterocycles. The summed E-state index contributed by atoms with van der Waals surface area (Å²) in [7, 11) is 0. The van der Waals surface area contributed by atoms with Gasteiger partial charge in [0, 0.05) is 31.5 Å². The van der Waals surface area contributed by atoms with E-state index >= 15 is 0 Å². The maximum Gasteiger partial charge on any atom is 0.122 e. The number of aryl methyl sites for hydroxylation is 1. The molecule has 0 bridgehead atoms. The summed E-state index contributed by atoms with van der Waals surface area (Å²) in [6.45, 7) is 9.43. The number of aromatic nitrogens is 2. The Morgan fingerprint density at radius 2 is 2.16 bits per heavy atom. The Labute approximate surface area is 116 Å². The summed E-state index contributed by atoms with van der Waals surface area (Å²) < 4.78 is 2.32. The Kier molecular flexibility index (Phi) is 4.18. The molecule has 0 aromatic carbocycles. The lowest BCUT2D eigenvalue weighted by molar-refractivity contribution is 0.210. The Hall–Kier alpha value is -0.870. The molecule has 4 heteroatoms. The molecule has 1 aromatic heterocycles. The van der Waals surface area contributed by atoms with Crippen LogP contribution >= 0.6 is 0 Å². The van der Waals surface area contributed by atoms with Crippen molar-refractivity contribution in [1.82, 2.24) is 19.4 Å². The SMILES string of the molecule is CCCn1ccnc1CN1CCCN2CCC[C@H]2C1. The summed E-state index contributed by atoms with van der Waals surface area (Å²) in [5, 5.41) is 0. The van der Waals surface area contributed by atoms with Crippen LogP contribution in [0.2, 0.25) is 0 Å². The van der Waals surface area contributed by atoms with Gasteiger partial charge in [0.05, 0.1) is 6.54 Å². The smallest absolute Gasteiger partial charge is 0.122 e. The van der Waals surface area contributed by atoms with Crippen molar-refractivity contribution in [2.45, 2.75) is 51.7 Å². The third kappa shape index (κ3) is 3.00. The van der Waals surface area contributed by atoms with E-state index in [2.05, 4.69) is 32.5 Å². The zero-order valence-electron chi connectivity index (χ0n) is 12.1. The molecule has 2 aliphatic rings. The third-order valence-corrected chi connectivity index (χ3v) is 4.52. The second kappa shape index (κ2) is 6.06. The summed E-state index contributed by atoms with van der Waals surface area (Å²) in [5.41, 5.74) is 0. The Morgan fingerprint density at radius 1 is 1.26 bits per heavy atom. The highest BCUT2D eigenvalue weighted by Crippen LogP contribution is 2.22. The summed E-state index contributed by atoms with van der Waals surface area (Å²) in [6, 6.07) is 0.803. The molecule has 1 aromatic rings. The highest BCUT2D eigenvalue weighted by atomic mass is 15.3. The van der Waals surface area contributed by atoms with Crippen molar-refractivity contribution in [2.24, 2.45) is 0 Å². The van der Waals surface area contributed by atoms with Crippen LogP contribution in [0, 0.1) is 0 Å². The van der Waals surface area contributed by atoms with Crippen LogP contribution in [0.25, 0.3) is 0 Å². The molecule has 0 amide bonds. The first kappa shape index (κ1) is 13.1. The minimum atomic E-state index is 0.803. The van der Waals surface area contributed by atoms with Gasteiger partial charge in [-0.1, -0.05) is 6.92 Å². The minimum Gasteiger partial charge on any atom is -0.334 e. The number of fused-ring (bicyclic) bond motifs is 1. The first-order valence-electron chi connectivity index (χ1n) is 7.83. The maximum absolute atomic E-state index is 4.55. The normalized spacial score (nSPS) is 25.4. The fraction of sp³-hybridized carbons (Fsp3) is 0.800. The van der Waals surface area contributed by atoms with Gasteiger partial charge in [0.2, 0.25) is 0 Å². The summed E-state index contributed by atoms with van der Waals surface area (Å²) in [6.07, 6.45) is 9.34. The van der Waals surface area contributed by atoms with Crippen LogP contribution in [0.5, 0.6) is 0 Å². The van der Waals surface area contributed by atoms with E-state index < -0.39 is 0 Å². The van der Waals surface area contributed by atoms with Gasteiger partial charge in [0.15, 0.2) is 0 Å². The van der Waals surface area contributed by atoms with E-state index in [0.29, 0.717) is 0 Å². The van der Waals surface area contributed by atoms with Gasteiger partial charge < -0.3 is 4.57 Å². The lowest BCUT2D eigenvalue weighted by Crippen LogP contribution is -2.36. The average molecular weight is 262 g/mol. The monoisotopic (exact) mass is 262 g/mol. The first-order chi connectivity index (χ1) is 9.36.